The molecule has 1 aromatic heterocycles. The Morgan fingerprint density at radius 3 is 2.73 bits per heavy atom. The molecule has 0 bridgehead atoms. The van der Waals surface area contributed by atoms with Crippen LogP contribution in [0.3, 0.4) is 0 Å². The van der Waals surface area contributed by atoms with Crippen molar-refractivity contribution in [3.05, 3.63) is 18.0 Å². The molecule has 0 atom stereocenters. The zero-order valence-corrected chi connectivity index (χ0v) is 14.6. The van der Waals surface area contributed by atoms with Gasteiger partial charge in [-0.05, 0) is 18.4 Å². The van der Waals surface area contributed by atoms with Gasteiger partial charge in [0.15, 0.2) is 0 Å². The number of carbonyl (C=O) groups excluding carboxylic acids is 1. The maximum Gasteiger partial charge on any atom is 0.267 e. The predicted octanol–water partition coefficient (Wildman–Crippen LogP) is 1.53. The minimum atomic E-state index is -3.50. The van der Waals surface area contributed by atoms with E-state index >= 15 is 0 Å². The van der Waals surface area contributed by atoms with Crippen molar-refractivity contribution in [3.8, 4) is 0 Å². The molecule has 0 aromatic carbocycles. The van der Waals surface area contributed by atoms with Crippen molar-refractivity contribution in [1.82, 2.24) is 14.6 Å². The minimum absolute atomic E-state index is 0.161. The maximum atomic E-state index is 12.5. The summed E-state index contributed by atoms with van der Waals surface area (Å²) in [4.78, 5) is 14.9. The van der Waals surface area contributed by atoms with Crippen molar-refractivity contribution >= 4 is 27.7 Å². The van der Waals surface area contributed by atoms with Crippen LogP contribution in [-0.2, 0) is 10.0 Å². The predicted molar refractivity (Wildman–Crippen MR) is 88.7 cm³/mol. The van der Waals surface area contributed by atoms with Crippen molar-refractivity contribution in [2.45, 2.75) is 25.2 Å². The molecule has 1 amide bonds. The molecule has 22 heavy (non-hydrogen) atoms. The Morgan fingerprint density at radius 1 is 1.41 bits per heavy atom. The molecule has 0 unspecified atom stereocenters. The summed E-state index contributed by atoms with van der Waals surface area (Å²) < 4.78 is 26.5. The Kier molecular flexibility index (Phi) is 5.94. The number of hydrogen-bond acceptors (Lipinski definition) is 4. The van der Waals surface area contributed by atoms with Gasteiger partial charge in [0, 0.05) is 37.3 Å². The molecule has 8 heteroatoms. The van der Waals surface area contributed by atoms with Crippen LogP contribution in [0.4, 0.5) is 0 Å². The standard InChI is InChI=1S/C14H23N3O3S2/c1-11(2)3-4-15-14(18)13-9-12(10-16-13)22(19,20)17-5-7-21-8-6-17/h9-11,16H,3-8H2,1-2H3,(H,15,18). The molecule has 0 saturated carbocycles. The quantitative estimate of drug-likeness (QED) is 0.819. The summed E-state index contributed by atoms with van der Waals surface area (Å²) in [5.74, 6) is 1.87. The molecule has 0 aliphatic carbocycles. The number of amides is 1. The van der Waals surface area contributed by atoms with Crippen molar-refractivity contribution in [1.29, 1.82) is 0 Å². The lowest BCUT2D eigenvalue weighted by molar-refractivity contribution is 0.0947. The molecule has 2 heterocycles. The highest BCUT2D eigenvalue weighted by molar-refractivity contribution is 7.99. The molecule has 2 rings (SSSR count). The van der Waals surface area contributed by atoms with Crippen molar-refractivity contribution < 1.29 is 13.2 Å². The zero-order chi connectivity index (χ0) is 16.2. The van der Waals surface area contributed by atoms with E-state index in [1.54, 1.807) is 11.8 Å². The van der Waals surface area contributed by atoms with Gasteiger partial charge in [-0.2, -0.15) is 16.1 Å². The first-order valence-corrected chi connectivity index (χ1v) is 10.0. The summed E-state index contributed by atoms with van der Waals surface area (Å²) in [6.45, 7) is 5.80. The molecule has 0 radical (unpaired) electrons. The number of sulfonamides is 1. The van der Waals surface area contributed by atoms with E-state index in [-0.39, 0.29) is 16.5 Å². The molecule has 2 N–H and O–H groups in total. The van der Waals surface area contributed by atoms with Crippen LogP contribution in [0.2, 0.25) is 0 Å². The van der Waals surface area contributed by atoms with E-state index in [0.29, 0.717) is 25.6 Å². The Balaban J connectivity index is 2.02. The van der Waals surface area contributed by atoms with Gasteiger partial charge in [0.25, 0.3) is 5.91 Å². The first-order valence-electron chi connectivity index (χ1n) is 7.46. The molecule has 1 aromatic rings. The van der Waals surface area contributed by atoms with Crippen LogP contribution in [-0.4, -0.2) is 54.8 Å². The second-order valence-electron chi connectivity index (χ2n) is 5.70. The van der Waals surface area contributed by atoms with E-state index in [1.807, 2.05) is 0 Å². The van der Waals surface area contributed by atoms with Crippen LogP contribution in [0.25, 0.3) is 0 Å². The first-order chi connectivity index (χ1) is 10.4. The number of carbonyl (C=O) groups is 1. The van der Waals surface area contributed by atoms with Crippen LogP contribution < -0.4 is 5.32 Å². The smallest absolute Gasteiger partial charge is 0.267 e. The second kappa shape index (κ2) is 7.52. The van der Waals surface area contributed by atoms with Crippen LogP contribution in [0.5, 0.6) is 0 Å². The third-order valence-electron chi connectivity index (χ3n) is 3.52. The molecular formula is C14H23N3O3S2. The summed E-state index contributed by atoms with van der Waals surface area (Å²) in [5, 5.41) is 2.79. The summed E-state index contributed by atoms with van der Waals surface area (Å²) in [7, 11) is -3.50. The Morgan fingerprint density at radius 2 is 2.09 bits per heavy atom. The molecule has 1 saturated heterocycles. The summed E-state index contributed by atoms with van der Waals surface area (Å²) >= 11 is 1.75. The van der Waals surface area contributed by atoms with Gasteiger partial charge in [-0.3, -0.25) is 4.79 Å². The van der Waals surface area contributed by atoms with Gasteiger partial charge in [0.1, 0.15) is 10.6 Å². The van der Waals surface area contributed by atoms with E-state index in [2.05, 4.69) is 24.1 Å². The lowest BCUT2D eigenvalue weighted by Crippen LogP contribution is -2.37. The third-order valence-corrected chi connectivity index (χ3v) is 6.34. The van der Waals surface area contributed by atoms with Gasteiger partial charge < -0.3 is 10.3 Å². The summed E-state index contributed by atoms with van der Waals surface area (Å²) in [6.07, 6.45) is 2.29. The maximum absolute atomic E-state index is 12.5. The second-order valence-corrected chi connectivity index (χ2v) is 8.87. The zero-order valence-electron chi connectivity index (χ0n) is 13.0. The monoisotopic (exact) mass is 345 g/mol. The molecule has 1 aliphatic rings. The molecule has 124 valence electrons. The van der Waals surface area contributed by atoms with Gasteiger partial charge in [-0.25, -0.2) is 8.42 Å². The lowest BCUT2D eigenvalue weighted by Gasteiger charge is -2.24. The average molecular weight is 345 g/mol. The Labute approximate surface area is 136 Å². The fourth-order valence-electron chi connectivity index (χ4n) is 2.16. The van der Waals surface area contributed by atoms with Crippen molar-refractivity contribution in [3.63, 3.8) is 0 Å². The summed E-state index contributed by atoms with van der Waals surface area (Å²) in [6, 6.07) is 1.42. The van der Waals surface area contributed by atoms with E-state index < -0.39 is 10.0 Å². The van der Waals surface area contributed by atoms with E-state index in [0.717, 1.165) is 17.9 Å². The molecular weight excluding hydrogens is 322 g/mol. The van der Waals surface area contributed by atoms with Crippen LogP contribution in [0.1, 0.15) is 30.8 Å². The Hall–Kier alpha value is -0.990. The fourth-order valence-corrected chi connectivity index (χ4v) is 4.73. The number of thioether (sulfide) groups is 1. The normalized spacial score (nSPS) is 16.9. The topological polar surface area (TPSA) is 82.3 Å². The molecule has 1 aliphatic heterocycles. The van der Waals surface area contributed by atoms with Crippen LogP contribution in [0.15, 0.2) is 17.2 Å². The van der Waals surface area contributed by atoms with Gasteiger partial charge in [0.2, 0.25) is 10.0 Å². The average Bonchev–Trinajstić information content (AvgIpc) is 2.98. The van der Waals surface area contributed by atoms with Gasteiger partial charge in [-0.15, -0.1) is 0 Å². The van der Waals surface area contributed by atoms with Crippen molar-refractivity contribution in [2.75, 3.05) is 31.1 Å². The Bertz CT molecular complexity index is 605. The van der Waals surface area contributed by atoms with E-state index in [4.69, 9.17) is 0 Å². The largest absolute Gasteiger partial charge is 0.356 e. The highest BCUT2D eigenvalue weighted by Gasteiger charge is 2.27. The number of nitrogens with zero attached hydrogens (tertiary/aromatic N) is 1. The minimum Gasteiger partial charge on any atom is -0.356 e. The van der Waals surface area contributed by atoms with Gasteiger partial charge in [0.05, 0.1) is 0 Å². The number of nitrogens with one attached hydrogen (secondary N) is 2. The van der Waals surface area contributed by atoms with E-state index in [1.165, 1.54) is 16.6 Å². The van der Waals surface area contributed by atoms with Crippen LogP contribution in [0, 0.1) is 5.92 Å². The third kappa shape index (κ3) is 4.27. The number of aromatic amines is 1. The van der Waals surface area contributed by atoms with Gasteiger partial charge >= 0.3 is 0 Å². The lowest BCUT2D eigenvalue weighted by atomic mass is 10.1. The van der Waals surface area contributed by atoms with Crippen molar-refractivity contribution in [2.24, 2.45) is 5.92 Å². The molecule has 1 fully saturated rings. The fraction of sp³-hybridized carbons (Fsp3) is 0.643. The highest BCUT2D eigenvalue weighted by atomic mass is 32.2. The number of hydrogen-bond donors (Lipinski definition) is 2. The first kappa shape index (κ1) is 17.4. The highest BCUT2D eigenvalue weighted by Crippen LogP contribution is 2.20. The SMILES string of the molecule is CC(C)CCNC(=O)c1cc(S(=O)(=O)N2CCSCC2)c[nH]1. The molecule has 0 spiro atoms. The summed E-state index contributed by atoms with van der Waals surface area (Å²) in [5.41, 5.74) is 0.286. The number of H-pyrrole nitrogens is 1. The van der Waals surface area contributed by atoms with E-state index in [9.17, 15) is 13.2 Å². The van der Waals surface area contributed by atoms with Gasteiger partial charge in [-0.1, -0.05) is 13.8 Å². The van der Waals surface area contributed by atoms with Crippen LogP contribution >= 0.6 is 11.8 Å². The number of aromatic nitrogens is 1. The molecule has 6 nitrogen and oxygen atoms in total. The number of rotatable bonds is 6.